The van der Waals surface area contributed by atoms with E-state index in [0.29, 0.717) is 29.4 Å². The van der Waals surface area contributed by atoms with E-state index in [9.17, 15) is 14.9 Å². The molecule has 2 aromatic rings. The second kappa shape index (κ2) is 9.96. The van der Waals surface area contributed by atoms with Gasteiger partial charge in [0.1, 0.15) is 0 Å². The van der Waals surface area contributed by atoms with Gasteiger partial charge in [-0.25, -0.2) is 0 Å². The van der Waals surface area contributed by atoms with Crippen LogP contribution in [0.15, 0.2) is 54.2 Å². The van der Waals surface area contributed by atoms with Crippen molar-refractivity contribution in [1.82, 2.24) is 5.32 Å². The molecule has 148 valence electrons. The average molecular weight is 385 g/mol. The first kappa shape index (κ1) is 20.8. The first-order valence-corrected chi connectivity index (χ1v) is 8.61. The third-order valence-corrected chi connectivity index (χ3v) is 3.96. The monoisotopic (exact) mass is 385 g/mol. The van der Waals surface area contributed by atoms with Crippen molar-refractivity contribution in [3.8, 4) is 11.5 Å². The first-order chi connectivity index (χ1) is 13.4. The van der Waals surface area contributed by atoms with Crippen LogP contribution in [0.3, 0.4) is 0 Å². The first-order valence-electron chi connectivity index (χ1n) is 8.61. The van der Waals surface area contributed by atoms with E-state index in [1.807, 2.05) is 18.2 Å². The molecule has 0 heterocycles. The van der Waals surface area contributed by atoms with Gasteiger partial charge >= 0.3 is 0 Å². The van der Waals surface area contributed by atoms with Gasteiger partial charge in [-0.1, -0.05) is 6.07 Å². The Bertz CT molecular complexity index is 863. The highest BCUT2D eigenvalue weighted by Crippen LogP contribution is 2.27. The number of benzene rings is 2. The number of carbonyl (C=O) groups excluding carboxylic acids is 1. The van der Waals surface area contributed by atoms with E-state index in [0.717, 1.165) is 12.0 Å². The molecule has 8 heteroatoms. The summed E-state index contributed by atoms with van der Waals surface area (Å²) in [6.45, 7) is 2.44. The van der Waals surface area contributed by atoms with Crippen molar-refractivity contribution in [1.29, 1.82) is 0 Å². The van der Waals surface area contributed by atoms with Crippen molar-refractivity contribution in [2.75, 3.05) is 26.1 Å². The number of non-ortho nitro benzene ring substituents is 1. The van der Waals surface area contributed by atoms with Crippen molar-refractivity contribution in [3.05, 3.63) is 69.9 Å². The second-order valence-corrected chi connectivity index (χ2v) is 5.99. The van der Waals surface area contributed by atoms with Gasteiger partial charge in [-0.05, 0) is 43.2 Å². The third kappa shape index (κ3) is 6.01. The summed E-state index contributed by atoms with van der Waals surface area (Å²) in [5.74, 6) is 1.04. The second-order valence-electron chi connectivity index (χ2n) is 5.99. The minimum absolute atomic E-state index is 0.0263. The van der Waals surface area contributed by atoms with Crippen LogP contribution in [-0.4, -0.2) is 31.6 Å². The molecule has 8 nitrogen and oxygen atoms in total. The third-order valence-electron chi connectivity index (χ3n) is 3.96. The number of nitrogens with one attached hydrogen (secondary N) is 2. The number of rotatable bonds is 9. The lowest BCUT2D eigenvalue weighted by Crippen LogP contribution is -2.18. The van der Waals surface area contributed by atoms with Gasteiger partial charge in [0.25, 0.3) is 5.69 Å². The smallest absolute Gasteiger partial charge is 0.269 e. The Hall–Kier alpha value is -3.55. The number of methoxy groups -OCH3 is 2. The Balaban J connectivity index is 1.84. The quantitative estimate of drug-likeness (QED) is 0.390. The maximum Gasteiger partial charge on any atom is 0.269 e. The van der Waals surface area contributed by atoms with E-state index in [4.69, 9.17) is 9.47 Å². The number of allylic oxidation sites excluding steroid dienone is 1. The average Bonchev–Trinajstić information content (AvgIpc) is 2.68. The minimum atomic E-state index is -0.488. The van der Waals surface area contributed by atoms with Crippen molar-refractivity contribution in [3.63, 3.8) is 0 Å². The Labute approximate surface area is 163 Å². The molecule has 2 rings (SSSR count). The normalized spacial score (nSPS) is 10.9. The van der Waals surface area contributed by atoms with Crippen LogP contribution < -0.4 is 20.1 Å². The fraction of sp³-hybridized carbons (Fsp3) is 0.250. The number of anilines is 1. The van der Waals surface area contributed by atoms with Crippen LogP contribution in [0.5, 0.6) is 11.5 Å². The number of hydrogen-bond acceptors (Lipinski definition) is 6. The van der Waals surface area contributed by atoms with Crippen molar-refractivity contribution >= 4 is 17.3 Å². The molecule has 0 aliphatic carbocycles. The zero-order chi connectivity index (χ0) is 20.5. The number of nitro benzene ring substituents is 1. The zero-order valence-electron chi connectivity index (χ0n) is 16.0. The maximum absolute atomic E-state index is 12.0. The molecule has 0 aliphatic rings. The van der Waals surface area contributed by atoms with Crippen LogP contribution in [0.25, 0.3) is 0 Å². The molecule has 2 aromatic carbocycles. The number of amides is 1. The van der Waals surface area contributed by atoms with Gasteiger partial charge < -0.3 is 20.1 Å². The lowest BCUT2D eigenvalue weighted by Gasteiger charge is -2.11. The summed E-state index contributed by atoms with van der Waals surface area (Å²) < 4.78 is 10.5. The summed E-state index contributed by atoms with van der Waals surface area (Å²) >= 11 is 0. The molecule has 0 fully saturated rings. The van der Waals surface area contributed by atoms with E-state index in [1.54, 1.807) is 21.1 Å². The molecule has 0 bridgehead atoms. The summed E-state index contributed by atoms with van der Waals surface area (Å²) in [6, 6.07) is 11.4. The molecule has 28 heavy (non-hydrogen) atoms. The maximum atomic E-state index is 12.0. The van der Waals surface area contributed by atoms with Gasteiger partial charge in [0.2, 0.25) is 5.91 Å². The van der Waals surface area contributed by atoms with Crippen LogP contribution in [0, 0.1) is 10.1 Å². The van der Waals surface area contributed by atoms with Crippen LogP contribution in [0.4, 0.5) is 11.4 Å². The summed E-state index contributed by atoms with van der Waals surface area (Å²) in [6.07, 6.45) is 2.19. The van der Waals surface area contributed by atoms with Crippen molar-refractivity contribution in [2.45, 2.75) is 13.3 Å². The Morgan fingerprint density at radius 3 is 2.39 bits per heavy atom. The van der Waals surface area contributed by atoms with Gasteiger partial charge in [0, 0.05) is 36.1 Å². The Morgan fingerprint density at radius 1 is 1.11 bits per heavy atom. The van der Waals surface area contributed by atoms with E-state index < -0.39 is 4.92 Å². The zero-order valence-corrected chi connectivity index (χ0v) is 16.0. The van der Waals surface area contributed by atoms with E-state index in [-0.39, 0.29) is 11.6 Å². The minimum Gasteiger partial charge on any atom is -0.493 e. The standard InChI is InChI=1S/C20H23N3O5/c1-14(12-20(24)22-16-5-7-17(8-6-16)23(25)26)21-11-10-15-4-9-18(27-2)19(13-15)28-3/h4-9,12-13,21H,10-11H2,1-3H3,(H,22,24)/b14-12-. The summed E-state index contributed by atoms with van der Waals surface area (Å²) in [4.78, 5) is 22.2. The molecule has 0 atom stereocenters. The fourth-order valence-corrected chi connectivity index (χ4v) is 2.53. The number of hydrogen-bond donors (Lipinski definition) is 2. The molecule has 0 saturated heterocycles. The topological polar surface area (TPSA) is 103 Å². The van der Waals surface area contributed by atoms with Crippen LogP contribution in [0.1, 0.15) is 12.5 Å². The summed E-state index contributed by atoms with van der Waals surface area (Å²) in [7, 11) is 3.19. The molecule has 2 N–H and O–H groups in total. The van der Waals surface area contributed by atoms with Gasteiger partial charge in [-0.15, -0.1) is 0 Å². The highest BCUT2D eigenvalue weighted by molar-refractivity contribution is 5.99. The lowest BCUT2D eigenvalue weighted by atomic mass is 10.1. The van der Waals surface area contributed by atoms with E-state index in [1.165, 1.54) is 30.3 Å². The summed E-state index contributed by atoms with van der Waals surface area (Å²) in [5, 5.41) is 16.5. The highest BCUT2D eigenvalue weighted by atomic mass is 16.6. The molecule has 0 unspecified atom stereocenters. The molecular formula is C20H23N3O5. The SMILES string of the molecule is COc1ccc(CCN/C(C)=C\C(=O)Nc2ccc([N+](=O)[O-])cc2)cc1OC. The van der Waals surface area contributed by atoms with Crippen LogP contribution in [-0.2, 0) is 11.2 Å². The number of carbonyl (C=O) groups is 1. The molecule has 1 amide bonds. The number of nitrogens with zero attached hydrogens (tertiary/aromatic N) is 1. The fourth-order valence-electron chi connectivity index (χ4n) is 2.53. The van der Waals surface area contributed by atoms with Gasteiger partial charge in [0.15, 0.2) is 11.5 Å². The number of ether oxygens (including phenoxy) is 2. The Kier molecular flexibility index (Phi) is 7.38. The molecule has 0 saturated carbocycles. The van der Waals surface area contributed by atoms with E-state index in [2.05, 4.69) is 10.6 Å². The molecule has 0 aliphatic heterocycles. The predicted molar refractivity (Wildman–Crippen MR) is 107 cm³/mol. The molecule has 0 aromatic heterocycles. The molecular weight excluding hydrogens is 362 g/mol. The predicted octanol–water partition coefficient (Wildman–Crippen LogP) is 3.29. The Morgan fingerprint density at radius 2 is 1.79 bits per heavy atom. The van der Waals surface area contributed by atoms with Crippen LogP contribution in [0.2, 0.25) is 0 Å². The highest BCUT2D eigenvalue weighted by Gasteiger charge is 2.06. The molecule has 0 radical (unpaired) electrons. The van der Waals surface area contributed by atoms with Gasteiger partial charge in [-0.2, -0.15) is 0 Å². The lowest BCUT2D eigenvalue weighted by molar-refractivity contribution is -0.384. The van der Waals surface area contributed by atoms with Crippen LogP contribution >= 0.6 is 0 Å². The van der Waals surface area contributed by atoms with Crippen molar-refractivity contribution in [2.24, 2.45) is 0 Å². The molecule has 0 spiro atoms. The largest absolute Gasteiger partial charge is 0.493 e. The van der Waals surface area contributed by atoms with Gasteiger partial charge in [0.05, 0.1) is 19.1 Å². The van der Waals surface area contributed by atoms with Crippen molar-refractivity contribution < 1.29 is 19.2 Å². The number of nitro groups is 1. The summed E-state index contributed by atoms with van der Waals surface area (Å²) in [5.41, 5.74) is 2.25. The van der Waals surface area contributed by atoms with Gasteiger partial charge in [-0.3, -0.25) is 14.9 Å². The van der Waals surface area contributed by atoms with E-state index >= 15 is 0 Å².